The van der Waals surface area contributed by atoms with E-state index in [4.69, 9.17) is 9.47 Å². The molecule has 0 spiro atoms. The number of likely N-dealkylation sites (N-methyl/N-ethyl adjacent to an activating group) is 1. The standard InChI is InChI=1S/C29H36N2O5/c1-5-6-7-15-35-23-10-8-9-20(18-23)26-25(28(33)29(34)31(26)14-13-30(3)4)27(32)21-11-12-24-22(17-21)16-19(2)36-24/h8-12,17-19,26,32H,5-7,13-16H2,1-4H3/t19-,26+/m0/s1. The van der Waals surface area contributed by atoms with E-state index in [0.29, 0.717) is 31.0 Å². The van der Waals surface area contributed by atoms with Gasteiger partial charge in [-0.25, -0.2) is 0 Å². The van der Waals surface area contributed by atoms with Crippen molar-refractivity contribution in [3.8, 4) is 11.5 Å². The van der Waals surface area contributed by atoms with Crippen molar-refractivity contribution in [2.45, 2.75) is 51.7 Å². The number of amides is 1. The molecule has 2 aromatic rings. The van der Waals surface area contributed by atoms with Crippen molar-refractivity contribution in [1.29, 1.82) is 0 Å². The molecule has 1 amide bonds. The fourth-order valence-electron chi connectivity index (χ4n) is 4.81. The van der Waals surface area contributed by atoms with Crippen LogP contribution in [-0.4, -0.2) is 66.5 Å². The average molecular weight is 493 g/mol. The molecule has 4 rings (SSSR count). The molecule has 0 aliphatic carbocycles. The number of hydrogen-bond donors (Lipinski definition) is 1. The zero-order chi connectivity index (χ0) is 25.8. The second kappa shape index (κ2) is 11.2. The van der Waals surface area contributed by atoms with E-state index in [0.717, 1.165) is 42.6 Å². The van der Waals surface area contributed by atoms with Gasteiger partial charge < -0.3 is 24.4 Å². The first-order valence-electron chi connectivity index (χ1n) is 12.8. The first kappa shape index (κ1) is 25.8. The first-order chi connectivity index (χ1) is 17.3. The maximum atomic E-state index is 13.3. The van der Waals surface area contributed by atoms with E-state index in [9.17, 15) is 14.7 Å². The lowest BCUT2D eigenvalue weighted by Gasteiger charge is -2.27. The molecule has 36 heavy (non-hydrogen) atoms. The van der Waals surface area contributed by atoms with Gasteiger partial charge in [-0.15, -0.1) is 0 Å². The number of likely N-dealkylation sites (tertiary alicyclic amines) is 1. The van der Waals surface area contributed by atoms with Crippen LogP contribution in [0.15, 0.2) is 48.0 Å². The number of ketones is 1. The van der Waals surface area contributed by atoms with Gasteiger partial charge in [-0.2, -0.15) is 0 Å². The number of fused-ring (bicyclic) bond motifs is 1. The molecule has 2 aliphatic rings. The largest absolute Gasteiger partial charge is 0.507 e. The SMILES string of the molecule is CCCCCOc1cccc([C@@H]2C(=C(O)c3ccc4c(c3)C[C@H](C)O4)C(=O)C(=O)N2CCN(C)C)c1. The molecule has 0 bridgehead atoms. The molecule has 2 heterocycles. The highest BCUT2D eigenvalue weighted by molar-refractivity contribution is 6.46. The Morgan fingerprint density at radius 1 is 1.17 bits per heavy atom. The van der Waals surface area contributed by atoms with Crippen LogP contribution in [0.1, 0.15) is 55.8 Å². The number of benzene rings is 2. The summed E-state index contributed by atoms with van der Waals surface area (Å²) in [4.78, 5) is 30.0. The van der Waals surface area contributed by atoms with Gasteiger partial charge in [0, 0.05) is 25.1 Å². The third-order valence-corrected chi connectivity index (χ3v) is 6.69. The molecule has 192 valence electrons. The molecule has 0 saturated carbocycles. The van der Waals surface area contributed by atoms with Gasteiger partial charge in [0.25, 0.3) is 11.7 Å². The highest BCUT2D eigenvalue weighted by Crippen LogP contribution is 2.41. The molecule has 1 saturated heterocycles. The number of rotatable bonds is 10. The minimum atomic E-state index is -0.701. The number of ether oxygens (including phenoxy) is 2. The Labute approximate surface area is 213 Å². The Morgan fingerprint density at radius 3 is 2.72 bits per heavy atom. The summed E-state index contributed by atoms with van der Waals surface area (Å²) in [5, 5.41) is 11.4. The number of aliphatic hydroxyl groups excluding tert-OH is 1. The quantitative estimate of drug-likeness (QED) is 0.227. The summed E-state index contributed by atoms with van der Waals surface area (Å²) in [6.45, 7) is 5.69. The predicted molar refractivity (Wildman–Crippen MR) is 139 cm³/mol. The van der Waals surface area contributed by atoms with Crippen LogP contribution >= 0.6 is 0 Å². The van der Waals surface area contributed by atoms with Gasteiger partial charge in [0.2, 0.25) is 0 Å². The topological polar surface area (TPSA) is 79.3 Å². The van der Waals surface area contributed by atoms with E-state index in [2.05, 4.69) is 6.92 Å². The van der Waals surface area contributed by atoms with Gasteiger partial charge in [-0.05, 0) is 68.9 Å². The van der Waals surface area contributed by atoms with Crippen LogP contribution < -0.4 is 9.47 Å². The maximum absolute atomic E-state index is 13.3. The number of carbonyl (C=O) groups excluding carboxylic acids is 2. The minimum absolute atomic E-state index is 0.0640. The Balaban J connectivity index is 1.74. The van der Waals surface area contributed by atoms with Gasteiger partial charge in [0.15, 0.2) is 0 Å². The van der Waals surface area contributed by atoms with Gasteiger partial charge >= 0.3 is 0 Å². The number of carbonyl (C=O) groups is 2. The number of aliphatic hydroxyl groups is 1. The van der Waals surface area contributed by atoms with Crippen molar-refractivity contribution in [1.82, 2.24) is 9.80 Å². The van der Waals surface area contributed by atoms with Crippen molar-refractivity contribution in [2.75, 3.05) is 33.8 Å². The summed E-state index contributed by atoms with van der Waals surface area (Å²) in [5.41, 5.74) is 2.33. The highest BCUT2D eigenvalue weighted by Gasteiger charge is 2.46. The van der Waals surface area contributed by atoms with Crippen molar-refractivity contribution in [3.05, 3.63) is 64.7 Å². The maximum Gasteiger partial charge on any atom is 0.295 e. The molecule has 7 heteroatoms. The van der Waals surface area contributed by atoms with E-state index >= 15 is 0 Å². The Kier molecular flexibility index (Phi) is 7.99. The Hall–Kier alpha value is -3.32. The van der Waals surface area contributed by atoms with Crippen molar-refractivity contribution < 1.29 is 24.2 Å². The van der Waals surface area contributed by atoms with Crippen LogP contribution in [0.25, 0.3) is 5.76 Å². The molecule has 2 aromatic carbocycles. The van der Waals surface area contributed by atoms with Crippen LogP contribution in [0.5, 0.6) is 11.5 Å². The zero-order valence-corrected chi connectivity index (χ0v) is 21.6. The molecule has 0 unspecified atom stereocenters. The fraction of sp³-hybridized carbons (Fsp3) is 0.448. The smallest absolute Gasteiger partial charge is 0.295 e. The lowest BCUT2D eigenvalue weighted by molar-refractivity contribution is -0.140. The zero-order valence-electron chi connectivity index (χ0n) is 21.6. The number of hydrogen-bond acceptors (Lipinski definition) is 6. The van der Waals surface area contributed by atoms with Gasteiger partial charge in [-0.1, -0.05) is 31.9 Å². The molecule has 2 atom stereocenters. The third-order valence-electron chi connectivity index (χ3n) is 6.69. The van der Waals surface area contributed by atoms with Crippen LogP contribution in [0, 0.1) is 0 Å². The molecule has 1 fully saturated rings. The summed E-state index contributed by atoms with van der Waals surface area (Å²) in [6, 6.07) is 12.2. The lowest BCUT2D eigenvalue weighted by Crippen LogP contribution is -2.35. The van der Waals surface area contributed by atoms with E-state index < -0.39 is 17.7 Å². The summed E-state index contributed by atoms with van der Waals surface area (Å²) in [7, 11) is 3.84. The van der Waals surface area contributed by atoms with Gasteiger partial charge in [-0.3, -0.25) is 9.59 Å². The second-order valence-electron chi connectivity index (χ2n) is 9.88. The highest BCUT2D eigenvalue weighted by atomic mass is 16.5. The molecule has 7 nitrogen and oxygen atoms in total. The van der Waals surface area contributed by atoms with Crippen molar-refractivity contribution in [2.24, 2.45) is 0 Å². The third kappa shape index (κ3) is 5.41. The molecular weight excluding hydrogens is 456 g/mol. The van der Waals surface area contributed by atoms with E-state index in [1.807, 2.05) is 62.3 Å². The second-order valence-corrected chi connectivity index (χ2v) is 9.88. The normalized spacial score (nSPS) is 20.6. The predicted octanol–water partition coefficient (Wildman–Crippen LogP) is 4.56. The van der Waals surface area contributed by atoms with Gasteiger partial charge in [0.1, 0.15) is 23.4 Å². The van der Waals surface area contributed by atoms with E-state index in [1.54, 1.807) is 11.0 Å². The Morgan fingerprint density at radius 2 is 1.97 bits per heavy atom. The number of unbranched alkanes of at least 4 members (excludes halogenated alkanes) is 2. The van der Waals surface area contributed by atoms with E-state index in [1.165, 1.54) is 0 Å². The lowest BCUT2D eigenvalue weighted by atomic mass is 9.94. The first-order valence-corrected chi connectivity index (χ1v) is 12.8. The molecular formula is C29H36N2O5. The summed E-state index contributed by atoms with van der Waals surface area (Å²) in [5.74, 6) is 0.0363. The Bertz CT molecular complexity index is 1160. The summed E-state index contributed by atoms with van der Waals surface area (Å²) >= 11 is 0. The average Bonchev–Trinajstić information content (AvgIpc) is 3.35. The summed E-state index contributed by atoms with van der Waals surface area (Å²) in [6.07, 6.45) is 3.96. The number of Topliss-reactive ketones (excluding diaryl/α,β-unsaturated/α-hetero) is 1. The van der Waals surface area contributed by atoms with Crippen molar-refractivity contribution >= 4 is 17.4 Å². The van der Waals surface area contributed by atoms with Crippen LogP contribution in [0.2, 0.25) is 0 Å². The molecule has 0 radical (unpaired) electrons. The van der Waals surface area contributed by atoms with Crippen LogP contribution in [-0.2, 0) is 16.0 Å². The van der Waals surface area contributed by atoms with Gasteiger partial charge in [0.05, 0.1) is 18.2 Å². The number of nitrogens with zero attached hydrogens (tertiary/aromatic N) is 2. The van der Waals surface area contributed by atoms with Crippen LogP contribution in [0.4, 0.5) is 0 Å². The van der Waals surface area contributed by atoms with Crippen LogP contribution in [0.3, 0.4) is 0 Å². The molecule has 0 aromatic heterocycles. The molecule has 2 aliphatic heterocycles. The van der Waals surface area contributed by atoms with Crippen molar-refractivity contribution in [3.63, 3.8) is 0 Å². The summed E-state index contributed by atoms with van der Waals surface area (Å²) < 4.78 is 11.7. The van der Waals surface area contributed by atoms with E-state index in [-0.39, 0.29) is 17.4 Å². The minimum Gasteiger partial charge on any atom is -0.507 e. The fourth-order valence-corrected chi connectivity index (χ4v) is 4.81. The monoisotopic (exact) mass is 492 g/mol. The molecule has 1 N–H and O–H groups in total.